The van der Waals surface area contributed by atoms with Crippen LogP contribution in [0.5, 0.6) is 5.75 Å². The Kier molecular flexibility index (Phi) is 11.5. The number of ether oxygens (including phenoxy) is 3. The highest BCUT2D eigenvalue weighted by molar-refractivity contribution is 5.98. The second-order valence-corrected chi connectivity index (χ2v) is 11.2. The lowest BCUT2D eigenvalue weighted by molar-refractivity contribution is -0.118. The van der Waals surface area contributed by atoms with Gasteiger partial charge in [0, 0.05) is 24.7 Å². The maximum Gasteiger partial charge on any atom is 0.407 e. The molecule has 4 aromatic carbocycles. The number of alkyl carbamates (subject to hydrolysis) is 1. The number of morpholine rings is 1. The molecule has 0 aliphatic carbocycles. The number of hydrogen-bond donors (Lipinski definition) is 3. The van der Waals surface area contributed by atoms with E-state index >= 15 is 0 Å². The van der Waals surface area contributed by atoms with Crippen molar-refractivity contribution in [3.8, 4) is 11.8 Å². The average molecular weight is 637 g/mol. The van der Waals surface area contributed by atoms with Gasteiger partial charge in [0.2, 0.25) is 5.91 Å². The van der Waals surface area contributed by atoms with E-state index < -0.39 is 29.8 Å². The molecule has 3 atom stereocenters. The van der Waals surface area contributed by atoms with Crippen molar-refractivity contribution in [2.75, 3.05) is 32.1 Å². The monoisotopic (exact) mass is 636 g/mol. The molecule has 0 spiro atoms. The van der Waals surface area contributed by atoms with Gasteiger partial charge >= 0.3 is 6.09 Å². The summed E-state index contributed by atoms with van der Waals surface area (Å²) in [7, 11) is 1.24. The second-order valence-electron chi connectivity index (χ2n) is 11.2. The van der Waals surface area contributed by atoms with Crippen molar-refractivity contribution in [2.45, 2.75) is 37.0 Å². The number of nitriles is 1. The Balaban J connectivity index is 1.29. The number of nitrogens with zero attached hydrogens (tertiary/aromatic N) is 1. The molecular formula is C37H37FN4O5. The lowest BCUT2D eigenvalue weighted by atomic mass is 9.84. The van der Waals surface area contributed by atoms with Gasteiger partial charge in [-0.3, -0.25) is 4.79 Å². The molecule has 1 aliphatic heterocycles. The Bertz CT molecular complexity index is 1620. The number of amides is 2. The molecule has 3 N–H and O–H groups in total. The van der Waals surface area contributed by atoms with Crippen LogP contribution in [-0.2, 0) is 20.7 Å². The first kappa shape index (κ1) is 33.1. The van der Waals surface area contributed by atoms with E-state index in [1.807, 2.05) is 60.7 Å². The maximum atomic E-state index is 14.5. The molecular weight excluding hydrogens is 599 g/mol. The van der Waals surface area contributed by atoms with Gasteiger partial charge in [-0.1, -0.05) is 60.7 Å². The number of nitrogens with one attached hydrogen (secondary N) is 3. The van der Waals surface area contributed by atoms with Crippen LogP contribution in [0.1, 0.15) is 34.6 Å². The van der Waals surface area contributed by atoms with E-state index in [0.717, 1.165) is 11.1 Å². The molecule has 0 unspecified atom stereocenters. The Morgan fingerprint density at radius 3 is 2.26 bits per heavy atom. The number of anilines is 1. The van der Waals surface area contributed by atoms with E-state index in [1.54, 1.807) is 24.3 Å². The van der Waals surface area contributed by atoms with Crippen molar-refractivity contribution < 1.29 is 28.2 Å². The van der Waals surface area contributed by atoms with Crippen LogP contribution in [0.3, 0.4) is 0 Å². The third kappa shape index (κ3) is 9.16. The van der Waals surface area contributed by atoms with Crippen LogP contribution in [-0.4, -0.2) is 57.1 Å². The first-order valence-corrected chi connectivity index (χ1v) is 15.5. The number of halogens is 1. The van der Waals surface area contributed by atoms with Crippen molar-refractivity contribution in [1.29, 1.82) is 5.26 Å². The van der Waals surface area contributed by atoms with Gasteiger partial charge in [0.1, 0.15) is 30.3 Å². The molecule has 1 saturated heterocycles. The van der Waals surface area contributed by atoms with E-state index in [0.29, 0.717) is 55.1 Å². The number of rotatable bonds is 12. The molecule has 1 heterocycles. The number of benzene rings is 4. The van der Waals surface area contributed by atoms with Crippen molar-refractivity contribution in [3.63, 3.8) is 0 Å². The SMILES string of the molecule is COC(=O)N[C@H](C(=O)Nc1ccc(F)cc1CC[C@@H]1CNC[C@@H](COc2ccc(C#N)cc2)O1)C(c1ccccc1)c1ccccc1. The summed E-state index contributed by atoms with van der Waals surface area (Å²) in [5.74, 6) is -0.788. The Morgan fingerprint density at radius 2 is 1.62 bits per heavy atom. The van der Waals surface area contributed by atoms with Crippen molar-refractivity contribution in [3.05, 3.63) is 131 Å². The fraction of sp³-hybridized carbons (Fsp3) is 0.270. The zero-order chi connectivity index (χ0) is 33.0. The molecule has 242 valence electrons. The first-order valence-electron chi connectivity index (χ1n) is 15.5. The van der Waals surface area contributed by atoms with Crippen LogP contribution in [0.15, 0.2) is 103 Å². The van der Waals surface area contributed by atoms with Crippen LogP contribution in [0.25, 0.3) is 0 Å². The fourth-order valence-corrected chi connectivity index (χ4v) is 5.66. The molecule has 1 fully saturated rings. The predicted molar refractivity (Wildman–Crippen MR) is 176 cm³/mol. The predicted octanol–water partition coefficient (Wildman–Crippen LogP) is 5.56. The third-order valence-electron chi connectivity index (χ3n) is 8.00. The first-order chi connectivity index (χ1) is 22.9. The Labute approximate surface area is 273 Å². The summed E-state index contributed by atoms with van der Waals surface area (Å²) in [6.07, 6.45) is -0.124. The minimum atomic E-state index is -1.05. The van der Waals surface area contributed by atoms with Crippen LogP contribution < -0.4 is 20.7 Å². The number of methoxy groups -OCH3 is 1. The molecule has 9 nitrogen and oxygen atoms in total. The van der Waals surface area contributed by atoms with Gasteiger partial charge in [-0.25, -0.2) is 9.18 Å². The number of hydrogen-bond acceptors (Lipinski definition) is 7. The largest absolute Gasteiger partial charge is 0.491 e. The summed E-state index contributed by atoms with van der Waals surface area (Å²) in [5, 5.41) is 18.1. The molecule has 1 aliphatic rings. The van der Waals surface area contributed by atoms with Gasteiger partial charge in [0.05, 0.1) is 24.8 Å². The molecule has 2 amide bonds. The fourth-order valence-electron chi connectivity index (χ4n) is 5.66. The summed E-state index contributed by atoms with van der Waals surface area (Å²) in [6.45, 7) is 1.56. The normalized spacial score (nSPS) is 16.5. The van der Waals surface area contributed by atoms with E-state index in [2.05, 4.69) is 22.0 Å². The topological polar surface area (TPSA) is 122 Å². The van der Waals surface area contributed by atoms with E-state index in [-0.39, 0.29) is 12.2 Å². The molecule has 10 heteroatoms. The molecule has 47 heavy (non-hydrogen) atoms. The summed E-state index contributed by atoms with van der Waals surface area (Å²) in [6, 6.07) is 31.1. The van der Waals surface area contributed by atoms with E-state index in [9.17, 15) is 14.0 Å². The Hall–Kier alpha value is -5.24. The average Bonchev–Trinajstić information content (AvgIpc) is 3.11. The minimum absolute atomic E-state index is 0.167. The summed E-state index contributed by atoms with van der Waals surface area (Å²) in [5.41, 5.74) is 3.26. The van der Waals surface area contributed by atoms with Crippen LogP contribution >= 0.6 is 0 Å². The second kappa shape index (κ2) is 16.4. The van der Waals surface area contributed by atoms with Crippen LogP contribution in [0, 0.1) is 17.1 Å². The van der Waals surface area contributed by atoms with E-state index in [4.69, 9.17) is 19.5 Å². The third-order valence-corrected chi connectivity index (χ3v) is 8.00. The highest BCUT2D eigenvalue weighted by Crippen LogP contribution is 2.30. The summed E-state index contributed by atoms with van der Waals surface area (Å²) in [4.78, 5) is 26.5. The highest BCUT2D eigenvalue weighted by Gasteiger charge is 2.33. The quantitative estimate of drug-likeness (QED) is 0.186. The zero-order valence-corrected chi connectivity index (χ0v) is 26.0. The maximum absolute atomic E-state index is 14.5. The standard InChI is InChI=1S/C37H37FN4O5/c1-45-37(44)42-35(34(26-8-4-2-5-9-26)27-10-6-3-7-11-27)36(43)41-33-19-15-29(38)20-28(33)14-18-31-22-40-23-32(47-31)24-46-30-16-12-25(21-39)13-17-30/h2-13,15-17,19-20,31-32,34-35,40H,14,18,22-24H2,1H3,(H,41,43)(H,42,44)/t31-,32+,35+/m1/s1. The number of carbonyl (C=O) groups is 2. The minimum Gasteiger partial charge on any atom is -0.491 e. The van der Waals surface area contributed by atoms with Crippen molar-refractivity contribution in [2.24, 2.45) is 0 Å². The van der Waals surface area contributed by atoms with E-state index in [1.165, 1.54) is 25.3 Å². The van der Waals surface area contributed by atoms with Gasteiger partial charge < -0.3 is 30.2 Å². The Morgan fingerprint density at radius 1 is 0.957 bits per heavy atom. The number of aryl methyl sites for hydroxylation is 1. The molecule has 0 radical (unpaired) electrons. The van der Waals surface area contributed by atoms with Gasteiger partial charge in [-0.2, -0.15) is 5.26 Å². The molecule has 5 rings (SSSR count). The molecule has 0 saturated carbocycles. The summed E-state index contributed by atoms with van der Waals surface area (Å²) < 4.78 is 31.5. The van der Waals surface area contributed by atoms with Gasteiger partial charge in [0.15, 0.2) is 0 Å². The molecule has 0 bridgehead atoms. The van der Waals surface area contributed by atoms with Gasteiger partial charge in [-0.05, 0) is 72.0 Å². The van der Waals surface area contributed by atoms with Crippen molar-refractivity contribution in [1.82, 2.24) is 10.6 Å². The zero-order valence-electron chi connectivity index (χ0n) is 26.0. The lowest BCUT2D eigenvalue weighted by Crippen LogP contribution is -2.48. The summed E-state index contributed by atoms with van der Waals surface area (Å²) >= 11 is 0. The number of carbonyl (C=O) groups excluding carboxylic acids is 2. The van der Waals surface area contributed by atoms with Crippen molar-refractivity contribution >= 4 is 17.7 Å². The highest BCUT2D eigenvalue weighted by atomic mass is 19.1. The molecule has 0 aromatic heterocycles. The van der Waals surface area contributed by atoms with Gasteiger partial charge in [-0.15, -0.1) is 0 Å². The van der Waals surface area contributed by atoms with Crippen LogP contribution in [0.4, 0.5) is 14.9 Å². The lowest BCUT2D eigenvalue weighted by Gasteiger charge is -2.31. The van der Waals surface area contributed by atoms with Gasteiger partial charge in [0.25, 0.3) is 0 Å². The molecule has 4 aromatic rings. The van der Waals surface area contributed by atoms with Crippen LogP contribution in [0.2, 0.25) is 0 Å². The smallest absolute Gasteiger partial charge is 0.407 e.